The number of amides is 1. The molecule has 1 unspecified atom stereocenters. The molecule has 0 bridgehead atoms. The minimum Gasteiger partial charge on any atom is -0.343 e. The van der Waals surface area contributed by atoms with Crippen LogP contribution in [0, 0.1) is 13.8 Å². The molecule has 0 aromatic carbocycles. The molecular formula is C13H15N3OS. The Bertz CT molecular complexity index is 551. The van der Waals surface area contributed by atoms with Crippen molar-refractivity contribution in [3.63, 3.8) is 0 Å². The molecule has 0 saturated heterocycles. The fourth-order valence-corrected chi connectivity index (χ4v) is 2.53. The molecule has 0 aliphatic heterocycles. The van der Waals surface area contributed by atoms with Gasteiger partial charge in [-0.2, -0.15) is 0 Å². The number of carbonyl (C=O) groups excluding carboxylic acids is 1. The van der Waals surface area contributed by atoms with Crippen molar-refractivity contribution in [1.29, 1.82) is 0 Å². The highest BCUT2D eigenvalue weighted by molar-refractivity contribution is 7.13. The van der Waals surface area contributed by atoms with Crippen LogP contribution in [0.15, 0.2) is 24.4 Å². The number of pyridine rings is 1. The highest BCUT2D eigenvalue weighted by Crippen LogP contribution is 2.18. The van der Waals surface area contributed by atoms with Crippen LogP contribution in [0.1, 0.15) is 39.0 Å². The van der Waals surface area contributed by atoms with E-state index in [0.29, 0.717) is 4.88 Å². The molecule has 2 aromatic heterocycles. The summed E-state index contributed by atoms with van der Waals surface area (Å²) in [5, 5.41) is 3.84. The molecule has 0 spiro atoms. The maximum atomic E-state index is 12.1. The molecule has 2 heterocycles. The summed E-state index contributed by atoms with van der Waals surface area (Å²) in [6, 6.07) is 5.55. The number of nitrogens with zero attached hydrogens (tertiary/aromatic N) is 2. The number of aromatic nitrogens is 2. The van der Waals surface area contributed by atoms with E-state index in [-0.39, 0.29) is 11.9 Å². The maximum absolute atomic E-state index is 12.1. The van der Waals surface area contributed by atoms with Gasteiger partial charge < -0.3 is 5.32 Å². The average molecular weight is 261 g/mol. The molecule has 0 radical (unpaired) electrons. The number of hydrogen-bond acceptors (Lipinski definition) is 4. The number of thiazole rings is 1. The van der Waals surface area contributed by atoms with E-state index in [1.807, 2.05) is 39.0 Å². The molecule has 94 valence electrons. The fraction of sp³-hybridized carbons (Fsp3) is 0.308. The molecule has 0 fully saturated rings. The first kappa shape index (κ1) is 12.7. The normalized spacial score (nSPS) is 12.2. The molecule has 5 heteroatoms. The molecule has 0 saturated carbocycles. The van der Waals surface area contributed by atoms with E-state index in [1.165, 1.54) is 11.3 Å². The van der Waals surface area contributed by atoms with Crippen molar-refractivity contribution in [1.82, 2.24) is 15.3 Å². The summed E-state index contributed by atoms with van der Waals surface area (Å²) >= 11 is 1.42. The Balaban J connectivity index is 2.10. The lowest BCUT2D eigenvalue weighted by atomic mass is 10.2. The Labute approximate surface area is 110 Å². The first-order valence-electron chi connectivity index (χ1n) is 5.73. The third-order valence-corrected chi connectivity index (χ3v) is 3.66. The number of hydrogen-bond donors (Lipinski definition) is 1. The second-order valence-electron chi connectivity index (χ2n) is 4.10. The Morgan fingerprint density at radius 3 is 2.72 bits per heavy atom. The third kappa shape index (κ3) is 2.73. The van der Waals surface area contributed by atoms with Gasteiger partial charge in [0.1, 0.15) is 4.88 Å². The molecule has 4 nitrogen and oxygen atoms in total. The van der Waals surface area contributed by atoms with Crippen molar-refractivity contribution in [2.75, 3.05) is 0 Å². The summed E-state index contributed by atoms with van der Waals surface area (Å²) in [7, 11) is 0. The van der Waals surface area contributed by atoms with Gasteiger partial charge in [-0.25, -0.2) is 4.98 Å². The summed E-state index contributed by atoms with van der Waals surface area (Å²) < 4.78 is 0. The van der Waals surface area contributed by atoms with Crippen molar-refractivity contribution < 1.29 is 4.79 Å². The van der Waals surface area contributed by atoms with Crippen LogP contribution in [0.25, 0.3) is 0 Å². The van der Waals surface area contributed by atoms with Gasteiger partial charge in [-0.15, -0.1) is 11.3 Å². The van der Waals surface area contributed by atoms with Crippen LogP contribution in [-0.4, -0.2) is 15.9 Å². The van der Waals surface area contributed by atoms with Gasteiger partial charge >= 0.3 is 0 Å². The monoisotopic (exact) mass is 261 g/mol. The summed E-state index contributed by atoms with van der Waals surface area (Å²) in [4.78, 5) is 21.3. The Morgan fingerprint density at radius 1 is 1.39 bits per heavy atom. The van der Waals surface area contributed by atoms with Crippen molar-refractivity contribution in [3.05, 3.63) is 45.7 Å². The van der Waals surface area contributed by atoms with E-state index >= 15 is 0 Å². The zero-order chi connectivity index (χ0) is 13.1. The summed E-state index contributed by atoms with van der Waals surface area (Å²) in [5.41, 5.74) is 1.63. The van der Waals surface area contributed by atoms with Gasteiger partial charge in [-0.3, -0.25) is 9.78 Å². The van der Waals surface area contributed by atoms with Crippen LogP contribution in [-0.2, 0) is 0 Å². The molecular weight excluding hydrogens is 246 g/mol. The first-order valence-corrected chi connectivity index (χ1v) is 6.55. The molecule has 0 aliphatic carbocycles. The minimum absolute atomic E-state index is 0.0868. The van der Waals surface area contributed by atoms with E-state index < -0.39 is 0 Å². The molecule has 2 rings (SSSR count). The van der Waals surface area contributed by atoms with Crippen LogP contribution in [0.2, 0.25) is 0 Å². The van der Waals surface area contributed by atoms with Crippen molar-refractivity contribution in [3.8, 4) is 0 Å². The van der Waals surface area contributed by atoms with E-state index in [0.717, 1.165) is 16.4 Å². The zero-order valence-electron chi connectivity index (χ0n) is 10.6. The summed E-state index contributed by atoms with van der Waals surface area (Å²) in [6.45, 7) is 5.67. The van der Waals surface area contributed by atoms with Crippen molar-refractivity contribution in [2.45, 2.75) is 26.8 Å². The summed E-state index contributed by atoms with van der Waals surface area (Å²) in [6.07, 6.45) is 1.72. The van der Waals surface area contributed by atoms with Gasteiger partial charge in [-0.1, -0.05) is 6.07 Å². The predicted molar refractivity (Wildman–Crippen MR) is 71.7 cm³/mol. The van der Waals surface area contributed by atoms with Gasteiger partial charge in [0.15, 0.2) is 0 Å². The van der Waals surface area contributed by atoms with Gasteiger partial charge in [0, 0.05) is 6.20 Å². The maximum Gasteiger partial charge on any atom is 0.263 e. The van der Waals surface area contributed by atoms with Crippen LogP contribution < -0.4 is 5.32 Å². The average Bonchev–Trinajstić information content (AvgIpc) is 2.69. The van der Waals surface area contributed by atoms with Gasteiger partial charge in [-0.05, 0) is 32.9 Å². The van der Waals surface area contributed by atoms with E-state index in [4.69, 9.17) is 0 Å². The van der Waals surface area contributed by atoms with E-state index in [1.54, 1.807) is 6.20 Å². The van der Waals surface area contributed by atoms with Crippen LogP contribution >= 0.6 is 11.3 Å². The molecule has 1 amide bonds. The van der Waals surface area contributed by atoms with E-state index in [2.05, 4.69) is 15.3 Å². The Hall–Kier alpha value is -1.75. The fourth-order valence-electron chi connectivity index (χ4n) is 1.71. The SMILES string of the molecule is Cc1nc(C)c(C(=O)NC(C)c2ccccn2)s1. The third-order valence-electron chi connectivity index (χ3n) is 2.59. The Morgan fingerprint density at radius 2 is 2.17 bits per heavy atom. The molecule has 0 aliphatic rings. The molecule has 1 atom stereocenters. The standard InChI is InChI=1S/C13H15N3OS/c1-8(11-6-4-5-7-14-11)16-13(17)12-9(2)15-10(3)18-12/h4-8H,1-3H3,(H,16,17). The largest absolute Gasteiger partial charge is 0.343 e. The van der Waals surface area contributed by atoms with Crippen LogP contribution in [0.4, 0.5) is 0 Å². The predicted octanol–water partition coefficient (Wildman–Crippen LogP) is 2.65. The second-order valence-corrected chi connectivity index (χ2v) is 5.30. The molecule has 18 heavy (non-hydrogen) atoms. The number of rotatable bonds is 3. The number of nitrogens with one attached hydrogen (secondary N) is 1. The Kier molecular flexibility index (Phi) is 3.72. The number of aryl methyl sites for hydroxylation is 2. The topological polar surface area (TPSA) is 54.9 Å². The minimum atomic E-state index is -0.111. The van der Waals surface area contributed by atoms with Crippen LogP contribution in [0.5, 0.6) is 0 Å². The highest BCUT2D eigenvalue weighted by atomic mass is 32.1. The lowest BCUT2D eigenvalue weighted by Crippen LogP contribution is -2.27. The van der Waals surface area contributed by atoms with Crippen LogP contribution in [0.3, 0.4) is 0 Å². The van der Waals surface area contributed by atoms with Gasteiger partial charge in [0.25, 0.3) is 5.91 Å². The van der Waals surface area contributed by atoms with Gasteiger partial charge in [0.2, 0.25) is 0 Å². The number of carbonyl (C=O) groups is 1. The van der Waals surface area contributed by atoms with E-state index in [9.17, 15) is 4.79 Å². The highest BCUT2D eigenvalue weighted by Gasteiger charge is 2.16. The molecule has 2 aromatic rings. The van der Waals surface area contributed by atoms with Gasteiger partial charge in [0.05, 0.1) is 22.4 Å². The van der Waals surface area contributed by atoms with Crippen molar-refractivity contribution >= 4 is 17.2 Å². The smallest absolute Gasteiger partial charge is 0.263 e. The lowest BCUT2D eigenvalue weighted by Gasteiger charge is -2.12. The first-order chi connectivity index (χ1) is 8.58. The second kappa shape index (κ2) is 5.27. The quantitative estimate of drug-likeness (QED) is 0.924. The zero-order valence-corrected chi connectivity index (χ0v) is 11.4. The molecule has 1 N–H and O–H groups in total. The van der Waals surface area contributed by atoms with Crippen molar-refractivity contribution in [2.24, 2.45) is 0 Å². The summed E-state index contributed by atoms with van der Waals surface area (Å²) in [5.74, 6) is -0.0868. The lowest BCUT2D eigenvalue weighted by molar-refractivity contribution is 0.0942.